The van der Waals surface area contributed by atoms with Gasteiger partial charge in [-0.05, 0) is 43.6 Å². The molecule has 1 aromatic carbocycles. The molecule has 0 aromatic heterocycles. The van der Waals surface area contributed by atoms with Crippen LogP contribution < -0.4 is 0 Å². The first kappa shape index (κ1) is 20.3. The minimum absolute atomic E-state index is 0.171. The zero-order chi connectivity index (χ0) is 16.9. The first-order valence-corrected chi connectivity index (χ1v) is 11.3. The van der Waals surface area contributed by atoms with Gasteiger partial charge in [0.25, 0.3) is 0 Å². The second-order valence-electron chi connectivity index (χ2n) is 7.62. The van der Waals surface area contributed by atoms with E-state index in [0.717, 1.165) is 31.0 Å². The van der Waals surface area contributed by atoms with Gasteiger partial charge in [0.05, 0.1) is 6.10 Å². The summed E-state index contributed by atoms with van der Waals surface area (Å²) in [4.78, 5) is 0. The van der Waals surface area contributed by atoms with E-state index in [0.29, 0.717) is 0 Å². The van der Waals surface area contributed by atoms with Gasteiger partial charge < -0.3 is 5.11 Å². The number of nitrogens with zero attached hydrogens (tertiary/aromatic N) is 1. The van der Waals surface area contributed by atoms with E-state index in [1.807, 2.05) is 0 Å². The van der Waals surface area contributed by atoms with Crippen LogP contribution in [0, 0.1) is 5.92 Å². The predicted octanol–water partition coefficient (Wildman–Crippen LogP) is 5.54. The lowest BCUT2D eigenvalue weighted by molar-refractivity contribution is 0.157. The van der Waals surface area contributed by atoms with E-state index >= 15 is 0 Å². The molecule has 0 spiro atoms. The third-order valence-electron chi connectivity index (χ3n) is 3.47. The Morgan fingerprint density at radius 2 is 1.86 bits per heavy atom. The molecule has 1 aliphatic rings. The van der Waals surface area contributed by atoms with E-state index in [1.54, 1.807) is 9.12 Å². The van der Waals surface area contributed by atoms with Gasteiger partial charge in [0, 0.05) is 34.3 Å². The predicted molar refractivity (Wildman–Crippen MR) is 108 cm³/mol. The van der Waals surface area contributed by atoms with Crippen molar-refractivity contribution in [2.45, 2.75) is 59.5 Å². The Balaban J connectivity index is 0.000000541. The summed E-state index contributed by atoms with van der Waals surface area (Å²) >= 11 is 2.28. The average molecular weight is 435 g/mol. The van der Waals surface area contributed by atoms with Crippen molar-refractivity contribution in [1.29, 1.82) is 0 Å². The Morgan fingerprint density at radius 3 is 2.36 bits per heavy atom. The maximum Gasteiger partial charge on any atom is 0.0929 e. The number of aliphatic hydroxyl groups excluding tert-OH is 1. The lowest BCUT2D eigenvalue weighted by Gasteiger charge is -2.21. The van der Waals surface area contributed by atoms with Crippen molar-refractivity contribution in [2.24, 2.45) is 5.92 Å². The first-order valence-electron chi connectivity index (χ1n) is 8.00. The zero-order valence-electron chi connectivity index (χ0n) is 14.7. The number of β-amino-alcohol motifs (C(OH)–C–C–N with tert-alkyl or cyclic N) is 1. The molecule has 0 saturated carbocycles. The van der Waals surface area contributed by atoms with E-state index in [2.05, 4.69) is 85.3 Å². The summed E-state index contributed by atoms with van der Waals surface area (Å²) in [7, 11) is 1.69. The highest BCUT2D eigenvalue weighted by Gasteiger charge is 2.23. The molecule has 0 bridgehead atoms. The van der Waals surface area contributed by atoms with Crippen LogP contribution in [0.4, 0.5) is 0 Å². The maximum absolute atomic E-state index is 10.3. The van der Waals surface area contributed by atoms with Crippen LogP contribution in [0.2, 0.25) is 0 Å². The zero-order valence-corrected chi connectivity index (χ0v) is 17.7. The quantitative estimate of drug-likeness (QED) is 0.463. The topological polar surface area (TPSA) is 23.5 Å². The minimum atomic E-state index is -0.362. The van der Waals surface area contributed by atoms with Gasteiger partial charge in [0.15, 0.2) is 0 Å². The summed E-state index contributed by atoms with van der Waals surface area (Å²) in [6, 6.07) is 6.55. The summed E-state index contributed by atoms with van der Waals surface area (Å²) < 4.78 is 2.22. The van der Waals surface area contributed by atoms with Gasteiger partial charge in [-0.25, -0.2) is 4.31 Å². The molecule has 0 fully saturated rings. The van der Waals surface area contributed by atoms with Gasteiger partial charge in [0.1, 0.15) is 0 Å². The second kappa shape index (κ2) is 8.90. The SMILES string of the molecule is CC(C)(C)c1ccc2c(c1)CCN(SI)CC2O.CC(C)C. The van der Waals surface area contributed by atoms with E-state index in [-0.39, 0.29) is 11.5 Å². The van der Waals surface area contributed by atoms with Crippen molar-refractivity contribution < 1.29 is 5.11 Å². The number of fused-ring (bicyclic) bond motifs is 1. The Morgan fingerprint density at radius 1 is 1.27 bits per heavy atom. The standard InChI is InChI=1S/C14H20INOS.C4H10/c1-14(2,3)11-4-5-12-10(8-11)6-7-16(18-15)9-13(12)17;1-4(2)3/h4-5,8,13,17H,6-7,9H2,1-3H3;4H,1-3H3. The Hall–Kier alpha value is 0.220. The fourth-order valence-corrected chi connectivity index (χ4v) is 3.74. The molecule has 2 nitrogen and oxygen atoms in total. The largest absolute Gasteiger partial charge is 0.387 e. The fraction of sp³-hybridized carbons (Fsp3) is 0.667. The lowest BCUT2D eigenvalue weighted by Crippen LogP contribution is -2.19. The molecule has 0 aliphatic carbocycles. The smallest absolute Gasteiger partial charge is 0.0929 e. The second-order valence-corrected chi connectivity index (χ2v) is 9.45. The van der Waals surface area contributed by atoms with E-state index in [4.69, 9.17) is 0 Å². The molecule has 126 valence electrons. The summed E-state index contributed by atoms with van der Waals surface area (Å²) in [6.45, 7) is 14.9. The number of halogens is 1. The van der Waals surface area contributed by atoms with Gasteiger partial charge >= 0.3 is 0 Å². The van der Waals surface area contributed by atoms with Gasteiger partial charge in [0.2, 0.25) is 0 Å². The molecule has 22 heavy (non-hydrogen) atoms. The molecule has 0 saturated heterocycles. The van der Waals surface area contributed by atoms with Crippen molar-refractivity contribution >= 4 is 30.3 Å². The van der Waals surface area contributed by atoms with Crippen LogP contribution in [-0.4, -0.2) is 22.5 Å². The number of hydrogen-bond donors (Lipinski definition) is 1. The Labute approximate surface area is 152 Å². The highest BCUT2D eigenvalue weighted by molar-refractivity contribution is 14.2. The summed E-state index contributed by atoms with van der Waals surface area (Å²) in [6.07, 6.45) is 0.658. The molecule has 0 radical (unpaired) electrons. The van der Waals surface area contributed by atoms with Gasteiger partial charge in [-0.1, -0.05) is 59.7 Å². The molecule has 1 atom stereocenters. The van der Waals surface area contributed by atoms with Crippen LogP contribution in [0.1, 0.15) is 64.3 Å². The third-order valence-corrected chi connectivity index (χ3v) is 5.67. The van der Waals surface area contributed by atoms with Crippen LogP contribution in [0.3, 0.4) is 0 Å². The molecule has 1 heterocycles. The van der Waals surface area contributed by atoms with Crippen LogP contribution in [0.15, 0.2) is 18.2 Å². The number of hydrogen-bond acceptors (Lipinski definition) is 3. The first-order chi connectivity index (χ1) is 10.1. The third kappa shape index (κ3) is 6.38. The molecule has 1 aliphatic heterocycles. The van der Waals surface area contributed by atoms with E-state index in [1.165, 1.54) is 11.1 Å². The average Bonchev–Trinajstić information content (AvgIpc) is 2.56. The maximum atomic E-state index is 10.3. The van der Waals surface area contributed by atoms with Crippen molar-refractivity contribution in [1.82, 2.24) is 4.31 Å². The van der Waals surface area contributed by atoms with Crippen molar-refractivity contribution in [2.75, 3.05) is 13.1 Å². The fourth-order valence-electron chi connectivity index (χ4n) is 2.30. The van der Waals surface area contributed by atoms with Crippen LogP contribution >= 0.6 is 30.3 Å². The van der Waals surface area contributed by atoms with Crippen LogP contribution in [0.5, 0.6) is 0 Å². The molecule has 2 rings (SSSR count). The minimum Gasteiger partial charge on any atom is -0.387 e. The molecule has 4 heteroatoms. The van der Waals surface area contributed by atoms with E-state index < -0.39 is 0 Å². The van der Waals surface area contributed by atoms with Gasteiger partial charge in [-0.15, -0.1) is 0 Å². The molecule has 0 amide bonds. The lowest BCUT2D eigenvalue weighted by atomic mass is 9.84. The highest BCUT2D eigenvalue weighted by Crippen LogP contribution is 2.32. The number of benzene rings is 1. The summed E-state index contributed by atoms with van der Waals surface area (Å²) in [5, 5.41) is 10.3. The number of aliphatic hydroxyl groups is 1. The van der Waals surface area contributed by atoms with Crippen LogP contribution in [-0.2, 0) is 11.8 Å². The highest BCUT2D eigenvalue weighted by atomic mass is 127. The molecule has 1 unspecified atom stereocenters. The summed E-state index contributed by atoms with van der Waals surface area (Å²) in [5.41, 5.74) is 3.94. The van der Waals surface area contributed by atoms with Gasteiger partial charge in [-0.2, -0.15) is 0 Å². The molecule has 1 aromatic rings. The monoisotopic (exact) mass is 435 g/mol. The number of rotatable bonds is 1. The molecular weight excluding hydrogens is 405 g/mol. The summed E-state index contributed by atoms with van der Waals surface area (Å²) in [5.74, 6) is 0.833. The molecular formula is C18H30INOS. The Bertz CT molecular complexity index is 468. The van der Waals surface area contributed by atoms with Crippen molar-refractivity contribution in [3.05, 3.63) is 34.9 Å². The van der Waals surface area contributed by atoms with Crippen LogP contribution in [0.25, 0.3) is 0 Å². The van der Waals surface area contributed by atoms with Gasteiger partial charge in [-0.3, -0.25) is 0 Å². The Kier molecular flexibility index (Phi) is 8.20. The molecule has 1 N–H and O–H groups in total. The van der Waals surface area contributed by atoms with Crippen molar-refractivity contribution in [3.8, 4) is 0 Å². The van der Waals surface area contributed by atoms with Crippen molar-refractivity contribution in [3.63, 3.8) is 0 Å². The normalized spacial score (nSPS) is 19.2. The van der Waals surface area contributed by atoms with E-state index in [9.17, 15) is 5.11 Å².